The van der Waals surface area contributed by atoms with Crippen LogP contribution in [0.15, 0.2) is 29.2 Å². The lowest BCUT2D eigenvalue weighted by Crippen LogP contribution is -2.11. The van der Waals surface area contributed by atoms with Crippen LogP contribution in [-0.2, 0) is 6.54 Å². The van der Waals surface area contributed by atoms with Gasteiger partial charge in [0.15, 0.2) is 0 Å². The average molecular weight is 209 g/mol. The number of hydrogen-bond donors (Lipinski definition) is 1. The van der Waals surface area contributed by atoms with Crippen LogP contribution >= 0.6 is 11.8 Å². The zero-order valence-electron chi connectivity index (χ0n) is 9.05. The molecule has 0 fully saturated rings. The molecule has 0 aliphatic heterocycles. The van der Waals surface area contributed by atoms with Crippen molar-refractivity contribution in [3.05, 3.63) is 29.8 Å². The van der Waals surface area contributed by atoms with Crippen LogP contribution in [-0.4, -0.2) is 12.3 Å². The van der Waals surface area contributed by atoms with Crippen molar-refractivity contribution in [2.45, 2.75) is 31.7 Å². The Morgan fingerprint density at radius 3 is 2.86 bits per heavy atom. The molecule has 1 rings (SSSR count). The number of nitrogens with one attached hydrogen (secondary N) is 1. The zero-order chi connectivity index (χ0) is 10.2. The summed E-state index contributed by atoms with van der Waals surface area (Å²) in [5, 5.41) is 3.34. The minimum absolute atomic E-state index is 0.983. The average Bonchev–Trinajstić information content (AvgIpc) is 2.24. The van der Waals surface area contributed by atoms with Crippen molar-refractivity contribution in [1.82, 2.24) is 5.32 Å². The van der Waals surface area contributed by atoms with E-state index in [2.05, 4.69) is 43.4 Å². The molecule has 0 atom stereocenters. The van der Waals surface area contributed by atoms with E-state index in [1.807, 2.05) is 11.8 Å². The highest BCUT2D eigenvalue weighted by molar-refractivity contribution is 7.99. The number of hydrogen-bond acceptors (Lipinski definition) is 2. The molecule has 0 aliphatic carbocycles. The van der Waals surface area contributed by atoms with Crippen LogP contribution < -0.4 is 5.32 Å². The van der Waals surface area contributed by atoms with Gasteiger partial charge in [0, 0.05) is 11.4 Å². The monoisotopic (exact) mass is 209 g/mol. The van der Waals surface area contributed by atoms with E-state index in [1.165, 1.54) is 22.6 Å². The fourth-order valence-corrected chi connectivity index (χ4v) is 2.08. The summed E-state index contributed by atoms with van der Waals surface area (Å²) in [6.07, 6.45) is 1.24. The highest BCUT2D eigenvalue weighted by atomic mass is 32.2. The lowest BCUT2D eigenvalue weighted by molar-refractivity contribution is 0.725. The first kappa shape index (κ1) is 11.6. The molecule has 0 saturated carbocycles. The van der Waals surface area contributed by atoms with E-state index < -0.39 is 0 Å². The molecule has 1 nitrogen and oxygen atoms in total. The standard InChI is InChI=1S/C12H19NS/c1-3-8-14-12-7-5-6-11(9-12)10-13-4-2/h5-7,9,13H,3-4,8,10H2,1-2H3. The Kier molecular flexibility index (Phi) is 5.72. The Hall–Kier alpha value is -0.470. The Bertz CT molecular complexity index is 237. The van der Waals surface area contributed by atoms with Gasteiger partial charge in [-0.2, -0.15) is 0 Å². The molecule has 0 saturated heterocycles. The first-order valence-electron chi connectivity index (χ1n) is 5.29. The summed E-state index contributed by atoms with van der Waals surface area (Å²) in [6, 6.07) is 8.79. The molecule has 0 heterocycles. The minimum atomic E-state index is 0.983. The van der Waals surface area contributed by atoms with Crippen LogP contribution in [0.2, 0.25) is 0 Å². The van der Waals surface area contributed by atoms with Crippen LogP contribution in [0.4, 0.5) is 0 Å². The van der Waals surface area contributed by atoms with E-state index in [0.717, 1.165) is 13.1 Å². The van der Waals surface area contributed by atoms with E-state index in [9.17, 15) is 0 Å². The van der Waals surface area contributed by atoms with Crippen molar-refractivity contribution >= 4 is 11.8 Å². The second kappa shape index (κ2) is 6.91. The fraction of sp³-hybridized carbons (Fsp3) is 0.500. The van der Waals surface area contributed by atoms with Crippen molar-refractivity contribution < 1.29 is 0 Å². The SMILES string of the molecule is CCCSc1cccc(CNCC)c1. The Morgan fingerprint density at radius 1 is 1.29 bits per heavy atom. The van der Waals surface area contributed by atoms with Crippen LogP contribution in [0, 0.1) is 0 Å². The minimum Gasteiger partial charge on any atom is -0.313 e. The molecule has 14 heavy (non-hydrogen) atoms. The van der Waals surface area contributed by atoms with Gasteiger partial charge in [0.25, 0.3) is 0 Å². The summed E-state index contributed by atoms with van der Waals surface area (Å²) in [5.74, 6) is 1.21. The lowest BCUT2D eigenvalue weighted by Gasteiger charge is -2.04. The zero-order valence-corrected chi connectivity index (χ0v) is 9.86. The van der Waals surface area contributed by atoms with Crippen molar-refractivity contribution in [2.24, 2.45) is 0 Å². The van der Waals surface area contributed by atoms with Gasteiger partial charge in [-0.1, -0.05) is 26.0 Å². The molecule has 2 heteroatoms. The Morgan fingerprint density at radius 2 is 2.14 bits per heavy atom. The van der Waals surface area contributed by atoms with Gasteiger partial charge >= 0.3 is 0 Å². The fourth-order valence-electron chi connectivity index (χ4n) is 1.23. The number of rotatable bonds is 6. The van der Waals surface area contributed by atoms with Gasteiger partial charge < -0.3 is 5.32 Å². The highest BCUT2D eigenvalue weighted by Gasteiger charge is 1.95. The van der Waals surface area contributed by atoms with Gasteiger partial charge in [0.05, 0.1) is 0 Å². The van der Waals surface area contributed by atoms with Crippen molar-refractivity contribution in [3.8, 4) is 0 Å². The summed E-state index contributed by atoms with van der Waals surface area (Å²) in [5.41, 5.74) is 1.38. The first-order valence-corrected chi connectivity index (χ1v) is 6.27. The predicted octanol–water partition coefficient (Wildman–Crippen LogP) is 3.30. The van der Waals surface area contributed by atoms with Crippen LogP contribution in [0.5, 0.6) is 0 Å². The molecule has 0 bridgehead atoms. The molecule has 0 aromatic heterocycles. The maximum absolute atomic E-state index is 3.34. The third kappa shape index (κ3) is 4.16. The van der Waals surface area contributed by atoms with Crippen molar-refractivity contribution in [2.75, 3.05) is 12.3 Å². The van der Waals surface area contributed by atoms with Gasteiger partial charge in [-0.05, 0) is 36.4 Å². The highest BCUT2D eigenvalue weighted by Crippen LogP contribution is 2.19. The third-order valence-electron chi connectivity index (χ3n) is 1.95. The molecule has 0 radical (unpaired) electrons. The summed E-state index contributed by atoms with van der Waals surface area (Å²) in [7, 11) is 0. The predicted molar refractivity (Wildman–Crippen MR) is 64.8 cm³/mol. The Balaban J connectivity index is 2.50. The molecule has 1 N–H and O–H groups in total. The molecule has 0 aliphatic rings. The molecular formula is C12H19NS. The normalized spacial score (nSPS) is 10.4. The van der Waals surface area contributed by atoms with E-state index in [4.69, 9.17) is 0 Å². The smallest absolute Gasteiger partial charge is 0.0205 e. The molecule has 0 amide bonds. The van der Waals surface area contributed by atoms with Gasteiger partial charge in [-0.3, -0.25) is 0 Å². The van der Waals surface area contributed by atoms with Gasteiger partial charge in [-0.25, -0.2) is 0 Å². The van der Waals surface area contributed by atoms with Crippen LogP contribution in [0.1, 0.15) is 25.8 Å². The third-order valence-corrected chi connectivity index (χ3v) is 3.15. The lowest BCUT2D eigenvalue weighted by atomic mass is 10.2. The molecule has 0 spiro atoms. The van der Waals surface area contributed by atoms with Crippen molar-refractivity contribution in [1.29, 1.82) is 0 Å². The van der Waals surface area contributed by atoms with Gasteiger partial charge in [0.2, 0.25) is 0 Å². The van der Waals surface area contributed by atoms with E-state index in [-0.39, 0.29) is 0 Å². The molecule has 1 aromatic rings. The van der Waals surface area contributed by atoms with Gasteiger partial charge in [-0.15, -0.1) is 11.8 Å². The molecular weight excluding hydrogens is 190 g/mol. The number of thioether (sulfide) groups is 1. The van der Waals surface area contributed by atoms with Gasteiger partial charge in [0.1, 0.15) is 0 Å². The van der Waals surface area contributed by atoms with E-state index >= 15 is 0 Å². The maximum Gasteiger partial charge on any atom is 0.0205 e. The first-order chi connectivity index (χ1) is 6.86. The summed E-state index contributed by atoms with van der Waals surface area (Å²) >= 11 is 1.94. The second-order valence-electron chi connectivity index (χ2n) is 3.28. The maximum atomic E-state index is 3.34. The second-order valence-corrected chi connectivity index (χ2v) is 4.44. The van der Waals surface area contributed by atoms with E-state index in [0.29, 0.717) is 0 Å². The number of benzene rings is 1. The molecule has 0 unspecified atom stereocenters. The molecule has 78 valence electrons. The summed E-state index contributed by atoms with van der Waals surface area (Å²) < 4.78 is 0. The summed E-state index contributed by atoms with van der Waals surface area (Å²) in [4.78, 5) is 1.39. The van der Waals surface area contributed by atoms with E-state index in [1.54, 1.807) is 0 Å². The Labute approximate surface area is 91.3 Å². The van der Waals surface area contributed by atoms with Crippen LogP contribution in [0.3, 0.4) is 0 Å². The molecule has 1 aromatic carbocycles. The van der Waals surface area contributed by atoms with Crippen molar-refractivity contribution in [3.63, 3.8) is 0 Å². The topological polar surface area (TPSA) is 12.0 Å². The van der Waals surface area contributed by atoms with Crippen LogP contribution in [0.25, 0.3) is 0 Å². The largest absolute Gasteiger partial charge is 0.313 e. The quantitative estimate of drug-likeness (QED) is 0.721. The summed E-state index contributed by atoms with van der Waals surface area (Å²) in [6.45, 7) is 6.37.